The zero-order valence-electron chi connectivity index (χ0n) is 20.2. The minimum Gasteiger partial charge on any atom is -0.352 e. The third-order valence-electron chi connectivity index (χ3n) is 6.59. The van der Waals surface area contributed by atoms with E-state index in [1.165, 1.54) is 0 Å². The van der Waals surface area contributed by atoms with Gasteiger partial charge in [-0.25, -0.2) is 4.39 Å². The molecule has 1 N–H and O–H groups in total. The van der Waals surface area contributed by atoms with Gasteiger partial charge in [-0.15, -0.1) is 0 Å². The van der Waals surface area contributed by atoms with Crippen LogP contribution in [-0.4, -0.2) is 60.4 Å². The minimum absolute atomic E-state index is 0.0349. The van der Waals surface area contributed by atoms with Crippen molar-refractivity contribution in [3.05, 3.63) is 35.1 Å². The molecule has 1 aromatic rings. The number of nitrogens with zero attached hydrogens (tertiary/aromatic N) is 2. The topological polar surface area (TPSA) is 52.7 Å². The van der Waals surface area contributed by atoms with Crippen LogP contribution in [0.4, 0.5) is 17.6 Å². The van der Waals surface area contributed by atoms with Gasteiger partial charge in [-0.1, -0.05) is 20.8 Å². The quantitative estimate of drug-likeness (QED) is 0.594. The summed E-state index contributed by atoms with van der Waals surface area (Å²) < 4.78 is 52.2. The number of carbonyl (C=O) groups excluding carboxylic acids is 2. The Morgan fingerprint density at radius 3 is 2.32 bits per heavy atom. The summed E-state index contributed by atoms with van der Waals surface area (Å²) in [5.41, 5.74) is -1.54. The molecular formula is C25H35F4N3O2. The highest BCUT2D eigenvalue weighted by Gasteiger charge is 2.34. The SMILES string of the molecule is CC(C)(C)CC(=O)N1CCCC1CN1CCC(CNC(=O)c2cc(F)cc(C(F)(F)F)c2)CC1. The van der Waals surface area contributed by atoms with Gasteiger partial charge in [0.25, 0.3) is 5.91 Å². The van der Waals surface area contributed by atoms with E-state index in [0.717, 1.165) is 57.9 Å². The Labute approximate surface area is 198 Å². The Hall–Kier alpha value is -2.16. The van der Waals surface area contributed by atoms with E-state index in [4.69, 9.17) is 0 Å². The Bertz CT molecular complexity index is 874. The largest absolute Gasteiger partial charge is 0.416 e. The number of likely N-dealkylation sites (tertiary alicyclic amines) is 2. The van der Waals surface area contributed by atoms with Gasteiger partial charge in [0, 0.05) is 37.7 Å². The summed E-state index contributed by atoms with van der Waals surface area (Å²) in [7, 11) is 0. The molecule has 2 amide bonds. The van der Waals surface area contributed by atoms with Crippen molar-refractivity contribution >= 4 is 11.8 Å². The van der Waals surface area contributed by atoms with Crippen LogP contribution in [-0.2, 0) is 11.0 Å². The van der Waals surface area contributed by atoms with Crippen molar-refractivity contribution < 1.29 is 27.2 Å². The highest BCUT2D eigenvalue weighted by Crippen LogP contribution is 2.30. The lowest BCUT2D eigenvalue weighted by Gasteiger charge is -2.36. The lowest BCUT2D eigenvalue weighted by atomic mass is 9.91. The summed E-state index contributed by atoms with van der Waals surface area (Å²) in [4.78, 5) is 29.4. The fourth-order valence-corrected chi connectivity index (χ4v) is 4.80. The summed E-state index contributed by atoms with van der Waals surface area (Å²) in [6.45, 7) is 9.91. The number of alkyl halides is 3. The molecule has 1 aromatic carbocycles. The van der Waals surface area contributed by atoms with Crippen LogP contribution in [0, 0.1) is 17.2 Å². The van der Waals surface area contributed by atoms with Gasteiger partial charge in [0.2, 0.25) is 5.91 Å². The highest BCUT2D eigenvalue weighted by molar-refractivity contribution is 5.94. The van der Waals surface area contributed by atoms with E-state index in [9.17, 15) is 27.2 Å². The van der Waals surface area contributed by atoms with Crippen molar-refractivity contribution in [2.45, 2.75) is 65.1 Å². The first-order valence-corrected chi connectivity index (χ1v) is 12.0. The molecule has 9 heteroatoms. The van der Waals surface area contributed by atoms with E-state index >= 15 is 0 Å². The number of piperidine rings is 1. The molecule has 3 rings (SSSR count). The summed E-state index contributed by atoms with van der Waals surface area (Å²) in [6, 6.07) is 2.12. The van der Waals surface area contributed by atoms with Gasteiger partial charge in [-0.3, -0.25) is 9.59 Å². The van der Waals surface area contributed by atoms with Gasteiger partial charge >= 0.3 is 6.18 Å². The molecule has 0 aliphatic carbocycles. The summed E-state index contributed by atoms with van der Waals surface area (Å²) in [5, 5.41) is 2.66. The third kappa shape index (κ3) is 7.42. The number of halogens is 4. The van der Waals surface area contributed by atoms with Crippen LogP contribution in [0.5, 0.6) is 0 Å². The maximum absolute atomic E-state index is 13.6. The Balaban J connectivity index is 1.45. The normalized spacial score (nSPS) is 20.6. The molecule has 2 fully saturated rings. The van der Waals surface area contributed by atoms with Crippen molar-refractivity contribution in [3.8, 4) is 0 Å². The number of hydrogen-bond donors (Lipinski definition) is 1. The second-order valence-electron chi connectivity index (χ2n) is 10.8. The van der Waals surface area contributed by atoms with E-state index in [0.29, 0.717) is 25.1 Å². The van der Waals surface area contributed by atoms with Crippen LogP contribution in [0.15, 0.2) is 18.2 Å². The fraction of sp³-hybridized carbons (Fsp3) is 0.680. The monoisotopic (exact) mass is 485 g/mol. The maximum atomic E-state index is 13.6. The zero-order chi connectivity index (χ0) is 25.1. The number of rotatable bonds is 6. The molecule has 0 saturated carbocycles. The highest BCUT2D eigenvalue weighted by atomic mass is 19.4. The number of hydrogen-bond acceptors (Lipinski definition) is 3. The molecule has 2 aliphatic rings. The molecular weight excluding hydrogens is 450 g/mol. The fourth-order valence-electron chi connectivity index (χ4n) is 4.80. The van der Waals surface area contributed by atoms with Crippen LogP contribution < -0.4 is 5.32 Å². The van der Waals surface area contributed by atoms with Crippen molar-refractivity contribution in [2.24, 2.45) is 11.3 Å². The summed E-state index contributed by atoms with van der Waals surface area (Å²) in [5.74, 6) is -1.36. The van der Waals surface area contributed by atoms with E-state index in [1.807, 2.05) is 4.90 Å². The Morgan fingerprint density at radius 2 is 1.71 bits per heavy atom. The van der Waals surface area contributed by atoms with Crippen molar-refractivity contribution in [2.75, 3.05) is 32.7 Å². The van der Waals surface area contributed by atoms with E-state index in [1.54, 1.807) is 0 Å². The molecule has 190 valence electrons. The number of benzene rings is 1. The van der Waals surface area contributed by atoms with Gasteiger partial charge in [-0.05, 0) is 68.3 Å². The number of amides is 2. The lowest BCUT2D eigenvalue weighted by Crippen LogP contribution is -2.47. The molecule has 0 spiro atoms. The zero-order valence-corrected chi connectivity index (χ0v) is 20.2. The minimum atomic E-state index is -4.71. The van der Waals surface area contributed by atoms with Crippen LogP contribution in [0.25, 0.3) is 0 Å². The molecule has 1 atom stereocenters. The van der Waals surface area contributed by atoms with Gasteiger partial charge in [0.1, 0.15) is 5.82 Å². The van der Waals surface area contributed by atoms with Gasteiger partial charge in [0.05, 0.1) is 5.56 Å². The smallest absolute Gasteiger partial charge is 0.352 e. The molecule has 0 radical (unpaired) electrons. The van der Waals surface area contributed by atoms with Gasteiger partial charge in [-0.2, -0.15) is 13.2 Å². The first-order chi connectivity index (χ1) is 15.8. The lowest BCUT2D eigenvalue weighted by molar-refractivity contribution is -0.138. The molecule has 1 unspecified atom stereocenters. The molecule has 0 bridgehead atoms. The molecule has 2 heterocycles. The standard InChI is InChI=1S/C25H35F4N3O2/c1-24(2,3)14-22(33)32-8-4-5-21(32)16-31-9-6-17(7-10-31)15-30-23(34)18-11-19(25(27,28)29)13-20(26)12-18/h11-13,17,21H,4-10,14-16H2,1-3H3,(H,30,34). The third-order valence-corrected chi connectivity index (χ3v) is 6.59. The average molecular weight is 486 g/mol. The first kappa shape index (κ1) is 26.4. The second-order valence-corrected chi connectivity index (χ2v) is 10.8. The average Bonchev–Trinajstić information content (AvgIpc) is 3.19. The van der Waals surface area contributed by atoms with Gasteiger partial charge < -0.3 is 15.1 Å². The molecule has 34 heavy (non-hydrogen) atoms. The van der Waals surface area contributed by atoms with Gasteiger partial charge in [0.15, 0.2) is 0 Å². The van der Waals surface area contributed by atoms with Crippen molar-refractivity contribution in [3.63, 3.8) is 0 Å². The van der Waals surface area contributed by atoms with Crippen LogP contribution >= 0.6 is 0 Å². The number of carbonyl (C=O) groups is 2. The second kappa shape index (κ2) is 10.6. The van der Waals surface area contributed by atoms with Crippen molar-refractivity contribution in [1.82, 2.24) is 15.1 Å². The van der Waals surface area contributed by atoms with Crippen molar-refractivity contribution in [1.29, 1.82) is 0 Å². The first-order valence-electron chi connectivity index (χ1n) is 12.0. The molecule has 0 aromatic heterocycles. The Kier molecular flexibility index (Phi) is 8.26. The van der Waals surface area contributed by atoms with E-state index in [2.05, 4.69) is 31.0 Å². The molecule has 2 saturated heterocycles. The number of nitrogens with one attached hydrogen (secondary N) is 1. The van der Waals surface area contributed by atoms with Crippen LogP contribution in [0.1, 0.15) is 68.8 Å². The summed E-state index contributed by atoms with van der Waals surface area (Å²) in [6.07, 6.45) is -0.435. The van der Waals surface area contributed by atoms with E-state index in [-0.39, 0.29) is 28.8 Å². The summed E-state index contributed by atoms with van der Waals surface area (Å²) >= 11 is 0. The predicted octanol–water partition coefficient (Wildman–Crippen LogP) is 4.71. The van der Waals surface area contributed by atoms with Crippen LogP contribution in [0.3, 0.4) is 0 Å². The molecule has 5 nitrogen and oxygen atoms in total. The maximum Gasteiger partial charge on any atom is 0.416 e. The van der Waals surface area contributed by atoms with E-state index < -0.39 is 23.5 Å². The predicted molar refractivity (Wildman–Crippen MR) is 122 cm³/mol. The molecule has 2 aliphatic heterocycles. The van der Waals surface area contributed by atoms with Crippen LogP contribution in [0.2, 0.25) is 0 Å². The Morgan fingerprint density at radius 1 is 1.03 bits per heavy atom.